The molecule has 0 spiro atoms. The van der Waals surface area contributed by atoms with Gasteiger partial charge in [0.1, 0.15) is 0 Å². The summed E-state index contributed by atoms with van der Waals surface area (Å²) >= 11 is 0. The van der Waals surface area contributed by atoms with Gasteiger partial charge < -0.3 is 10.5 Å². The Morgan fingerprint density at radius 3 is 2.69 bits per heavy atom. The van der Waals surface area contributed by atoms with E-state index in [0.717, 1.165) is 12.5 Å². The van der Waals surface area contributed by atoms with Gasteiger partial charge in [0.25, 0.3) is 0 Å². The zero-order valence-corrected chi connectivity index (χ0v) is 9.12. The standard InChI is InChI=1S/C11H23NO/c1-8(2)13-7-10-6-9(3)4-5-11(10)12/h8-11H,4-7,12H2,1-3H3. The van der Waals surface area contributed by atoms with Crippen LogP contribution < -0.4 is 5.73 Å². The van der Waals surface area contributed by atoms with Crippen molar-refractivity contribution in [1.82, 2.24) is 0 Å². The molecule has 0 aromatic rings. The molecular weight excluding hydrogens is 162 g/mol. The molecule has 13 heavy (non-hydrogen) atoms. The molecule has 3 atom stereocenters. The lowest BCUT2D eigenvalue weighted by Gasteiger charge is -2.32. The lowest BCUT2D eigenvalue weighted by Crippen LogP contribution is -2.38. The van der Waals surface area contributed by atoms with Crippen molar-refractivity contribution in [3.05, 3.63) is 0 Å². The topological polar surface area (TPSA) is 35.2 Å². The summed E-state index contributed by atoms with van der Waals surface area (Å²) in [5.41, 5.74) is 6.05. The van der Waals surface area contributed by atoms with Crippen molar-refractivity contribution in [2.75, 3.05) is 6.61 Å². The fourth-order valence-corrected chi connectivity index (χ4v) is 2.03. The monoisotopic (exact) mass is 185 g/mol. The molecule has 0 aromatic heterocycles. The molecule has 0 aromatic carbocycles. The van der Waals surface area contributed by atoms with E-state index in [2.05, 4.69) is 20.8 Å². The largest absolute Gasteiger partial charge is 0.378 e. The molecule has 0 heterocycles. The Labute approximate surface area is 81.8 Å². The number of nitrogens with two attached hydrogens (primary N) is 1. The van der Waals surface area contributed by atoms with Crippen LogP contribution in [-0.2, 0) is 4.74 Å². The van der Waals surface area contributed by atoms with Gasteiger partial charge in [-0.15, -0.1) is 0 Å². The highest BCUT2D eigenvalue weighted by Crippen LogP contribution is 2.28. The zero-order chi connectivity index (χ0) is 9.84. The van der Waals surface area contributed by atoms with E-state index in [1.807, 2.05) is 0 Å². The first kappa shape index (κ1) is 11.0. The number of ether oxygens (including phenoxy) is 1. The summed E-state index contributed by atoms with van der Waals surface area (Å²) in [5.74, 6) is 1.42. The van der Waals surface area contributed by atoms with Gasteiger partial charge in [-0.25, -0.2) is 0 Å². The van der Waals surface area contributed by atoms with Gasteiger partial charge in [-0.3, -0.25) is 0 Å². The molecule has 0 bridgehead atoms. The van der Waals surface area contributed by atoms with E-state index in [9.17, 15) is 0 Å². The third-order valence-corrected chi connectivity index (χ3v) is 2.95. The van der Waals surface area contributed by atoms with Crippen LogP contribution >= 0.6 is 0 Å². The molecule has 0 aliphatic heterocycles. The third kappa shape index (κ3) is 3.65. The lowest BCUT2D eigenvalue weighted by atomic mass is 9.79. The minimum atomic E-state index is 0.337. The van der Waals surface area contributed by atoms with Crippen molar-refractivity contribution in [2.24, 2.45) is 17.6 Å². The van der Waals surface area contributed by atoms with Gasteiger partial charge in [-0.05, 0) is 44.9 Å². The van der Waals surface area contributed by atoms with E-state index in [4.69, 9.17) is 10.5 Å². The summed E-state index contributed by atoms with van der Waals surface area (Å²) in [6, 6.07) is 0.370. The minimum Gasteiger partial charge on any atom is -0.378 e. The van der Waals surface area contributed by atoms with E-state index >= 15 is 0 Å². The summed E-state index contributed by atoms with van der Waals surface area (Å²) in [5, 5.41) is 0. The SMILES string of the molecule is CC1CCC(N)C(COC(C)C)C1. The average molecular weight is 185 g/mol. The van der Waals surface area contributed by atoms with Gasteiger partial charge in [0.15, 0.2) is 0 Å². The van der Waals surface area contributed by atoms with Gasteiger partial charge in [0, 0.05) is 6.04 Å². The molecule has 3 unspecified atom stereocenters. The maximum atomic E-state index is 6.05. The van der Waals surface area contributed by atoms with Crippen molar-refractivity contribution >= 4 is 0 Å². The Hall–Kier alpha value is -0.0800. The Bertz CT molecular complexity index is 147. The quantitative estimate of drug-likeness (QED) is 0.731. The van der Waals surface area contributed by atoms with Crippen LogP contribution in [-0.4, -0.2) is 18.8 Å². The molecule has 0 amide bonds. The second-order valence-corrected chi connectivity index (χ2v) is 4.72. The predicted molar refractivity (Wildman–Crippen MR) is 55.6 cm³/mol. The van der Waals surface area contributed by atoms with Crippen LogP contribution in [0, 0.1) is 11.8 Å². The van der Waals surface area contributed by atoms with Crippen LogP contribution in [0.25, 0.3) is 0 Å². The predicted octanol–water partition coefficient (Wildman–Crippen LogP) is 2.17. The number of rotatable bonds is 3. The van der Waals surface area contributed by atoms with Crippen molar-refractivity contribution in [2.45, 2.75) is 52.2 Å². The van der Waals surface area contributed by atoms with Crippen LogP contribution in [0.1, 0.15) is 40.0 Å². The first-order chi connectivity index (χ1) is 6.09. The zero-order valence-electron chi connectivity index (χ0n) is 9.12. The minimum absolute atomic E-state index is 0.337. The van der Waals surface area contributed by atoms with Crippen LogP contribution in [0.4, 0.5) is 0 Å². The summed E-state index contributed by atoms with van der Waals surface area (Å²) in [4.78, 5) is 0. The highest BCUT2D eigenvalue weighted by molar-refractivity contribution is 4.80. The van der Waals surface area contributed by atoms with Crippen molar-refractivity contribution in [3.63, 3.8) is 0 Å². The maximum absolute atomic E-state index is 6.05. The number of hydrogen-bond donors (Lipinski definition) is 1. The molecule has 2 N–H and O–H groups in total. The second kappa shape index (κ2) is 4.97. The molecule has 78 valence electrons. The smallest absolute Gasteiger partial charge is 0.0519 e. The van der Waals surface area contributed by atoms with E-state index in [1.54, 1.807) is 0 Å². The maximum Gasteiger partial charge on any atom is 0.0519 e. The molecule has 1 aliphatic carbocycles. The molecule has 1 saturated carbocycles. The van der Waals surface area contributed by atoms with Crippen LogP contribution in [0.2, 0.25) is 0 Å². The van der Waals surface area contributed by atoms with Crippen molar-refractivity contribution in [3.8, 4) is 0 Å². The first-order valence-corrected chi connectivity index (χ1v) is 5.46. The van der Waals surface area contributed by atoms with Gasteiger partial charge in [0.2, 0.25) is 0 Å². The average Bonchev–Trinajstić information content (AvgIpc) is 2.06. The molecular formula is C11H23NO. The van der Waals surface area contributed by atoms with E-state index in [-0.39, 0.29) is 0 Å². The van der Waals surface area contributed by atoms with Gasteiger partial charge in [0.05, 0.1) is 12.7 Å². The highest BCUT2D eigenvalue weighted by atomic mass is 16.5. The second-order valence-electron chi connectivity index (χ2n) is 4.72. The summed E-state index contributed by atoms with van der Waals surface area (Å²) in [6.07, 6.45) is 4.05. The fraction of sp³-hybridized carbons (Fsp3) is 1.00. The first-order valence-electron chi connectivity index (χ1n) is 5.46. The fourth-order valence-electron chi connectivity index (χ4n) is 2.03. The Kier molecular flexibility index (Phi) is 4.20. The van der Waals surface area contributed by atoms with Crippen LogP contribution in [0.15, 0.2) is 0 Å². The third-order valence-electron chi connectivity index (χ3n) is 2.95. The summed E-state index contributed by atoms with van der Waals surface area (Å²) < 4.78 is 5.62. The Morgan fingerprint density at radius 2 is 2.08 bits per heavy atom. The van der Waals surface area contributed by atoms with Gasteiger partial charge in [-0.1, -0.05) is 6.92 Å². The Balaban J connectivity index is 2.29. The molecule has 1 fully saturated rings. The van der Waals surface area contributed by atoms with Crippen LogP contribution in [0.5, 0.6) is 0 Å². The van der Waals surface area contributed by atoms with Crippen LogP contribution in [0.3, 0.4) is 0 Å². The van der Waals surface area contributed by atoms with E-state index in [1.165, 1.54) is 19.3 Å². The number of hydrogen-bond acceptors (Lipinski definition) is 2. The Morgan fingerprint density at radius 1 is 1.38 bits per heavy atom. The highest BCUT2D eigenvalue weighted by Gasteiger charge is 2.25. The van der Waals surface area contributed by atoms with Gasteiger partial charge >= 0.3 is 0 Å². The van der Waals surface area contributed by atoms with Gasteiger partial charge in [-0.2, -0.15) is 0 Å². The van der Waals surface area contributed by atoms with Crippen molar-refractivity contribution in [1.29, 1.82) is 0 Å². The molecule has 1 rings (SSSR count). The molecule has 2 heteroatoms. The van der Waals surface area contributed by atoms with E-state index < -0.39 is 0 Å². The summed E-state index contributed by atoms with van der Waals surface area (Å²) in [7, 11) is 0. The van der Waals surface area contributed by atoms with Crippen molar-refractivity contribution < 1.29 is 4.74 Å². The van der Waals surface area contributed by atoms with E-state index in [0.29, 0.717) is 18.1 Å². The lowest BCUT2D eigenvalue weighted by molar-refractivity contribution is 0.0288. The molecule has 2 nitrogen and oxygen atoms in total. The normalized spacial score (nSPS) is 35.3. The summed E-state index contributed by atoms with van der Waals surface area (Å²) in [6.45, 7) is 7.33. The molecule has 0 saturated heterocycles. The molecule has 0 radical (unpaired) electrons. The molecule has 1 aliphatic rings.